The van der Waals surface area contributed by atoms with Gasteiger partial charge in [-0.05, 0) is 54.5 Å². The highest BCUT2D eigenvalue weighted by atomic mass is 16.6. The zero-order valence-electron chi connectivity index (χ0n) is 17.9. The van der Waals surface area contributed by atoms with E-state index < -0.39 is 0 Å². The van der Waals surface area contributed by atoms with Gasteiger partial charge in [-0.2, -0.15) is 0 Å². The maximum atomic E-state index is 12.6. The summed E-state index contributed by atoms with van der Waals surface area (Å²) in [6, 6.07) is 12.9. The Kier molecular flexibility index (Phi) is 6.98. The molecule has 2 amide bonds. The molecule has 1 fully saturated rings. The zero-order valence-corrected chi connectivity index (χ0v) is 17.9. The molecule has 0 radical (unpaired) electrons. The van der Waals surface area contributed by atoms with E-state index in [1.165, 1.54) is 0 Å². The number of carbonyl (C=O) groups excluding carboxylic acids is 2. The minimum atomic E-state index is -0.360. The number of aryl methyl sites for hydroxylation is 1. The molecule has 2 aromatic carbocycles. The van der Waals surface area contributed by atoms with Gasteiger partial charge in [-0.3, -0.25) is 4.79 Å². The second-order valence-electron chi connectivity index (χ2n) is 8.16. The molecule has 1 aliphatic heterocycles. The second kappa shape index (κ2) is 9.65. The molecule has 0 saturated carbocycles. The lowest BCUT2D eigenvalue weighted by molar-refractivity contribution is -0.126. The van der Waals surface area contributed by atoms with E-state index in [0.717, 1.165) is 16.7 Å². The lowest BCUT2D eigenvalue weighted by Crippen LogP contribution is -2.44. The minimum Gasteiger partial charge on any atom is -0.508 e. The van der Waals surface area contributed by atoms with Crippen LogP contribution < -0.4 is 10.1 Å². The van der Waals surface area contributed by atoms with Crippen LogP contribution in [-0.4, -0.2) is 35.1 Å². The van der Waals surface area contributed by atoms with E-state index in [1.807, 2.05) is 37.3 Å². The predicted octanol–water partition coefficient (Wildman–Crippen LogP) is 4.35. The lowest BCUT2D eigenvalue weighted by Gasteiger charge is -2.30. The summed E-state index contributed by atoms with van der Waals surface area (Å²) in [6.07, 6.45) is 0.865. The SMILES string of the molecule is Cc1cc(CNC(=O)C2CCN(C(=O)Oc3ccccc3C(C)C)CC2)ccc1O. The average molecular weight is 411 g/mol. The number of nitrogens with zero attached hydrogens (tertiary/aromatic N) is 1. The number of carbonyl (C=O) groups is 2. The van der Waals surface area contributed by atoms with E-state index in [4.69, 9.17) is 4.74 Å². The van der Waals surface area contributed by atoms with Gasteiger partial charge in [-0.1, -0.05) is 44.2 Å². The summed E-state index contributed by atoms with van der Waals surface area (Å²) in [6.45, 7) is 7.38. The van der Waals surface area contributed by atoms with E-state index in [-0.39, 0.29) is 29.6 Å². The summed E-state index contributed by atoms with van der Waals surface area (Å²) in [5.74, 6) is 0.997. The molecule has 160 valence electrons. The monoisotopic (exact) mass is 410 g/mol. The van der Waals surface area contributed by atoms with Crippen molar-refractivity contribution in [2.24, 2.45) is 5.92 Å². The van der Waals surface area contributed by atoms with Crippen LogP contribution in [0.25, 0.3) is 0 Å². The number of piperidine rings is 1. The molecule has 3 rings (SSSR count). The Labute approximate surface area is 177 Å². The molecule has 2 aromatic rings. The van der Waals surface area contributed by atoms with E-state index >= 15 is 0 Å². The highest BCUT2D eigenvalue weighted by Gasteiger charge is 2.28. The van der Waals surface area contributed by atoms with Crippen molar-refractivity contribution in [3.8, 4) is 11.5 Å². The van der Waals surface area contributed by atoms with Crippen LogP contribution in [0.5, 0.6) is 11.5 Å². The minimum absolute atomic E-state index is 0.00102. The molecule has 0 aromatic heterocycles. The summed E-state index contributed by atoms with van der Waals surface area (Å²) < 4.78 is 5.63. The van der Waals surface area contributed by atoms with Crippen molar-refractivity contribution in [1.82, 2.24) is 10.2 Å². The van der Waals surface area contributed by atoms with Gasteiger partial charge in [0.05, 0.1) is 0 Å². The van der Waals surface area contributed by atoms with Crippen molar-refractivity contribution < 1.29 is 19.4 Å². The summed E-state index contributed by atoms with van der Waals surface area (Å²) >= 11 is 0. The summed E-state index contributed by atoms with van der Waals surface area (Å²) in [7, 11) is 0. The van der Waals surface area contributed by atoms with E-state index in [2.05, 4.69) is 19.2 Å². The Balaban J connectivity index is 1.48. The third-order valence-electron chi connectivity index (χ3n) is 5.59. The number of amides is 2. The van der Waals surface area contributed by atoms with Gasteiger partial charge in [-0.15, -0.1) is 0 Å². The summed E-state index contributed by atoms with van der Waals surface area (Å²) in [5, 5.41) is 12.6. The average Bonchev–Trinajstić information content (AvgIpc) is 2.74. The molecule has 1 heterocycles. The molecule has 30 heavy (non-hydrogen) atoms. The lowest BCUT2D eigenvalue weighted by atomic mass is 9.96. The van der Waals surface area contributed by atoms with E-state index in [0.29, 0.717) is 38.2 Å². The van der Waals surface area contributed by atoms with Gasteiger partial charge in [0.2, 0.25) is 5.91 Å². The van der Waals surface area contributed by atoms with Gasteiger partial charge in [0, 0.05) is 25.6 Å². The molecule has 0 spiro atoms. The van der Waals surface area contributed by atoms with E-state index in [9.17, 15) is 14.7 Å². The van der Waals surface area contributed by atoms with E-state index in [1.54, 1.807) is 17.0 Å². The molecule has 6 heteroatoms. The van der Waals surface area contributed by atoms with Crippen molar-refractivity contribution >= 4 is 12.0 Å². The van der Waals surface area contributed by atoms with Crippen LogP contribution >= 0.6 is 0 Å². The molecule has 0 bridgehead atoms. The van der Waals surface area contributed by atoms with Gasteiger partial charge in [0.1, 0.15) is 11.5 Å². The molecule has 0 atom stereocenters. The number of nitrogens with one attached hydrogen (secondary N) is 1. The molecular weight excluding hydrogens is 380 g/mol. The molecular formula is C24H30N2O4. The first-order valence-corrected chi connectivity index (χ1v) is 10.5. The molecule has 1 saturated heterocycles. The molecule has 1 aliphatic rings. The van der Waals surface area contributed by atoms with Crippen molar-refractivity contribution in [1.29, 1.82) is 0 Å². The van der Waals surface area contributed by atoms with Gasteiger partial charge >= 0.3 is 6.09 Å². The van der Waals surface area contributed by atoms with Crippen LogP contribution in [0, 0.1) is 12.8 Å². The number of hydrogen-bond donors (Lipinski definition) is 2. The number of phenols is 1. The molecule has 0 unspecified atom stereocenters. The van der Waals surface area contributed by atoms with Gasteiger partial charge in [0.15, 0.2) is 0 Å². The summed E-state index contributed by atoms with van der Waals surface area (Å²) in [5.41, 5.74) is 2.74. The number of phenolic OH excluding ortho intramolecular Hbond substituents is 1. The smallest absolute Gasteiger partial charge is 0.415 e. The standard InChI is InChI=1S/C24H30N2O4/c1-16(2)20-6-4-5-7-22(20)30-24(29)26-12-10-19(11-13-26)23(28)25-15-18-8-9-21(27)17(3)14-18/h4-9,14,16,19,27H,10-13,15H2,1-3H3,(H,25,28). The van der Waals surface area contributed by atoms with Crippen LogP contribution in [0.15, 0.2) is 42.5 Å². The Morgan fingerprint density at radius 2 is 1.87 bits per heavy atom. The first-order chi connectivity index (χ1) is 14.3. The van der Waals surface area contributed by atoms with Crippen molar-refractivity contribution in [2.45, 2.75) is 46.1 Å². The fourth-order valence-electron chi connectivity index (χ4n) is 3.69. The first-order valence-electron chi connectivity index (χ1n) is 10.5. The fraction of sp³-hybridized carbons (Fsp3) is 0.417. The third kappa shape index (κ3) is 5.32. The normalized spacial score (nSPS) is 14.6. The van der Waals surface area contributed by atoms with Crippen LogP contribution in [0.2, 0.25) is 0 Å². The zero-order chi connectivity index (χ0) is 21.7. The topological polar surface area (TPSA) is 78.9 Å². The molecule has 2 N–H and O–H groups in total. The predicted molar refractivity (Wildman–Crippen MR) is 116 cm³/mol. The van der Waals surface area contributed by atoms with Crippen LogP contribution in [-0.2, 0) is 11.3 Å². The van der Waals surface area contributed by atoms with Gasteiger partial charge in [0.25, 0.3) is 0 Å². The Hall–Kier alpha value is -3.02. The first kappa shape index (κ1) is 21.7. The number of rotatable bonds is 5. The molecule has 6 nitrogen and oxygen atoms in total. The quantitative estimate of drug-likeness (QED) is 0.768. The van der Waals surface area contributed by atoms with Crippen molar-refractivity contribution in [2.75, 3.05) is 13.1 Å². The Morgan fingerprint density at radius 3 is 2.53 bits per heavy atom. The van der Waals surface area contributed by atoms with Crippen molar-refractivity contribution in [3.05, 3.63) is 59.2 Å². The van der Waals surface area contributed by atoms with Crippen LogP contribution in [0.4, 0.5) is 4.79 Å². The van der Waals surface area contributed by atoms with Gasteiger partial charge < -0.3 is 20.1 Å². The maximum Gasteiger partial charge on any atom is 0.415 e. The Morgan fingerprint density at radius 1 is 1.17 bits per heavy atom. The second-order valence-corrected chi connectivity index (χ2v) is 8.16. The third-order valence-corrected chi connectivity index (χ3v) is 5.59. The number of para-hydroxylation sites is 1. The van der Waals surface area contributed by atoms with Crippen LogP contribution in [0.1, 0.15) is 49.3 Å². The van der Waals surface area contributed by atoms with Crippen molar-refractivity contribution in [3.63, 3.8) is 0 Å². The number of ether oxygens (including phenoxy) is 1. The number of hydrogen-bond acceptors (Lipinski definition) is 4. The highest BCUT2D eigenvalue weighted by Crippen LogP contribution is 2.27. The molecule has 0 aliphatic carbocycles. The number of likely N-dealkylation sites (tertiary alicyclic amines) is 1. The Bertz CT molecular complexity index is 902. The van der Waals surface area contributed by atoms with Crippen LogP contribution in [0.3, 0.4) is 0 Å². The van der Waals surface area contributed by atoms with Gasteiger partial charge in [-0.25, -0.2) is 4.79 Å². The number of aromatic hydroxyl groups is 1. The largest absolute Gasteiger partial charge is 0.508 e. The number of benzene rings is 2. The fourth-order valence-corrected chi connectivity index (χ4v) is 3.69. The highest BCUT2D eigenvalue weighted by molar-refractivity contribution is 5.79. The summed E-state index contributed by atoms with van der Waals surface area (Å²) in [4.78, 5) is 26.8. The maximum absolute atomic E-state index is 12.6.